The summed E-state index contributed by atoms with van der Waals surface area (Å²) in [5.74, 6) is 0.120. The zero-order valence-corrected chi connectivity index (χ0v) is 22.6. The van der Waals surface area contributed by atoms with Crippen LogP contribution in [0.2, 0.25) is 10.0 Å². The van der Waals surface area contributed by atoms with Gasteiger partial charge in [0.1, 0.15) is 0 Å². The minimum atomic E-state index is -0.311. The summed E-state index contributed by atoms with van der Waals surface area (Å²) < 4.78 is 12.9. The predicted octanol–water partition coefficient (Wildman–Crippen LogP) is 6.27. The Morgan fingerprint density at radius 2 is 1.51 bits per heavy atom. The number of nitrogens with zero attached hydrogens (tertiary/aromatic N) is 3. The van der Waals surface area contributed by atoms with Crippen molar-refractivity contribution in [2.75, 3.05) is 39.4 Å². The van der Waals surface area contributed by atoms with Crippen LogP contribution < -0.4 is 0 Å². The number of carbonyl (C=O) groups excluding carboxylic acids is 2. The predicted molar refractivity (Wildman–Crippen MR) is 145 cm³/mol. The van der Waals surface area contributed by atoms with Gasteiger partial charge in [0.15, 0.2) is 0 Å². The third-order valence-electron chi connectivity index (χ3n) is 8.14. The van der Waals surface area contributed by atoms with Crippen molar-refractivity contribution in [1.29, 1.82) is 0 Å². The monoisotopic (exact) mass is 545 g/mol. The van der Waals surface area contributed by atoms with E-state index in [0.29, 0.717) is 48.0 Å². The Bertz CT molecular complexity index is 1110. The molecule has 0 unspecified atom stereocenters. The molecule has 3 aliphatic heterocycles. The molecule has 5 nitrogen and oxygen atoms in total. The van der Waals surface area contributed by atoms with Crippen LogP contribution in [0.15, 0.2) is 36.4 Å². The summed E-state index contributed by atoms with van der Waals surface area (Å²) in [4.78, 5) is 27.8. The fourth-order valence-corrected chi connectivity index (χ4v) is 6.44. The molecule has 2 amide bonds. The number of hydrogen-bond acceptors (Lipinski definition) is 3. The fourth-order valence-electron chi connectivity index (χ4n) is 5.80. The molecule has 0 bridgehead atoms. The van der Waals surface area contributed by atoms with Gasteiger partial charge in [-0.25, -0.2) is 5.01 Å². The summed E-state index contributed by atoms with van der Waals surface area (Å²) in [7, 11) is 0. The van der Waals surface area contributed by atoms with E-state index in [-0.39, 0.29) is 30.3 Å². The number of benzene rings is 2. The zero-order valence-electron chi connectivity index (χ0n) is 21.1. The van der Waals surface area contributed by atoms with Crippen LogP contribution in [-0.4, -0.2) is 66.1 Å². The van der Waals surface area contributed by atoms with Crippen LogP contribution in [0, 0.1) is 11.8 Å². The van der Waals surface area contributed by atoms with Crippen LogP contribution in [0.25, 0.3) is 11.1 Å². The third-order valence-corrected chi connectivity index (χ3v) is 8.82. The van der Waals surface area contributed by atoms with E-state index in [9.17, 15) is 14.0 Å². The molecule has 8 heteroatoms. The SMILES string of the molecule is O=C(c1ccc(-c2cc(Cl)c(C[C@@H]3CCN(N4CCCCC4)C3=O)c(Cl)c2)cc1)N1CCC(CF)CC1. The Kier molecular flexibility index (Phi) is 8.37. The molecule has 0 aliphatic carbocycles. The minimum Gasteiger partial charge on any atom is -0.339 e. The zero-order chi connectivity index (χ0) is 25.9. The molecule has 2 aromatic carbocycles. The van der Waals surface area contributed by atoms with E-state index in [1.165, 1.54) is 6.42 Å². The summed E-state index contributed by atoms with van der Waals surface area (Å²) in [6, 6.07) is 11.2. The number of amides is 2. The van der Waals surface area contributed by atoms with Gasteiger partial charge in [0.25, 0.3) is 5.91 Å². The Balaban J connectivity index is 1.25. The molecule has 37 heavy (non-hydrogen) atoms. The second kappa shape index (κ2) is 11.7. The van der Waals surface area contributed by atoms with Crippen LogP contribution >= 0.6 is 23.2 Å². The van der Waals surface area contributed by atoms with E-state index >= 15 is 0 Å². The van der Waals surface area contributed by atoms with E-state index in [2.05, 4.69) is 5.01 Å². The fraction of sp³-hybridized carbons (Fsp3) is 0.517. The topological polar surface area (TPSA) is 43.9 Å². The first-order valence-electron chi connectivity index (χ1n) is 13.4. The van der Waals surface area contributed by atoms with Crippen LogP contribution in [0.5, 0.6) is 0 Å². The third kappa shape index (κ3) is 5.81. The number of hydrazine groups is 1. The summed E-state index contributed by atoms with van der Waals surface area (Å²) >= 11 is 13.4. The van der Waals surface area contributed by atoms with Crippen molar-refractivity contribution >= 4 is 35.0 Å². The van der Waals surface area contributed by atoms with E-state index in [1.54, 1.807) is 4.90 Å². The normalized spacial score (nSPS) is 21.6. The number of rotatable bonds is 6. The Morgan fingerprint density at radius 1 is 0.865 bits per heavy atom. The Labute approximate surface area is 228 Å². The highest BCUT2D eigenvalue weighted by molar-refractivity contribution is 6.36. The first kappa shape index (κ1) is 26.5. The molecule has 3 heterocycles. The van der Waals surface area contributed by atoms with Gasteiger partial charge in [-0.05, 0) is 85.4 Å². The van der Waals surface area contributed by atoms with Gasteiger partial charge < -0.3 is 4.90 Å². The van der Waals surface area contributed by atoms with Crippen LogP contribution in [0.1, 0.15) is 54.4 Å². The molecule has 0 radical (unpaired) electrons. The number of carbonyl (C=O) groups is 2. The molecule has 198 valence electrons. The first-order valence-corrected chi connectivity index (χ1v) is 14.2. The second-order valence-corrected chi connectivity index (χ2v) is 11.4. The van der Waals surface area contributed by atoms with Crippen LogP contribution in [-0.2, 0) is 11.2 Å². The molecular weight excluding hydrogens is 512 g/mol. The lowest BCUT2D eigenvalue weighted by Crippen LogP contribution is -2.47. The average Bonchev–Trinajstić information content (AvgIpc) is 3.30. The highest BCUT2D eigenvalue weighted by Gasteiger charge is 2.36. The molecule has 0 saturated carbocycles. The lowest BCUT2D eigenvalue weighted by Gasteiger charge is -2.34. The second-order valence-electron chi connectivity index (χ2n) is 10.6. The Morgan fingerprint density at radius 3 is 2.14 bits per heavy atom. The van der Waals surface area contributed by atoms with Crippen molar-refractivity contribution in [2.45, 2.75) is 44.9 Å². The van der Waals surface area contributed by atoms with Crippen molar-refractivity contribution in [3.8, 4) is 11.1 Å². The van der Waals surface area contributed by atoms with E-state index < -0.39 is 0 Å². The first-order chi connectivity index (χ1) is 17.9. The summed E-state index contributed by atoms with van der Waals surface area (Å²) in [5, 5.41) is 5.26. The highest BCUT2D eigenvalue weighted by atomic mass is 35.5. The van der Waals surface area contributed by atoms with Crippen LogP contribution in [0.3, 0.4) is 0 Å². The Hall–Kier alpha value is -2.15. The number of likely N-dealkylation sites (tertiary alicyclic amines) is 1. The molecule has 1 atom stereocenters. The maximum absolute atomic E-state index is 13.1. The molecule has 0 aromatic heterocycles. The molecular formula is C29H34Cl2FN3O2. The van der Waals surface area contributed by atoms with Gasteiger partial charge in [-0.2, -0.15) is 0 Å². The van der Waals surface area contributed by atoms with Gasteiger partial charge in [-0.3, -0.25) is 19.0 Å². The van der Waals surface area contributed by atoms with Crippen molar-refractivity contribution in [2.24, 2.45) is 11.8 Å². The largest absolute Gasteiger partial charge is 0.339 e. The minimum absolute atomic E-state index is 0.0184. The van der Waals surface area contributed by atoms with Gasteiger partial charge >= 0.3 is 0 Å². The maximum atomic E-state index is 13.1. The van der Waals surface area contributed by atoms with Crippen molar-refractivity contribution in [1.82, 2.24) is 14.9 Å². The van der Waals surface area contributed by atoms with Gasteiger partial charge in [0.05, 0.1) is 6.67 Å². The molecule has 3 aliphatic rings. The molecule has 0 spiro atoms. The average molecular weight is 547 g/mol. The van der Waals surface area contributed by atoms with Crippen molar-refractivity contribution in [3.05, 3.63) is 57.6 Å². The quantitative estimate of drug-likeness (QED) is 0.429. The summed E-state index contributed by atoms with van der Waals surface area (Å²) in [6.45, 7) is 3.56. The van der Waals surface area contributed by atoms with E-state index in [4.69, 9.17) is 23.2 Å². The van der Waals surface area contributed by atoms with Gasteiger partial charge in [-0.1, -0.05) is 41.8 Å². The number of hydrogen-bond donors (Lipinski definition) is 0. The lowest BCUT2D eigenvalue weighted by molar-refractivity contribution is -0.147. The smallest absolute Gasteiger partial charge is 0.253 e. The molecule has 5 rings (SSSR count). The van der Waals surface area contributed by atoms with Gasteiger partial charge in [0, 0.05) is 54.3 Å². The summed E-state index contributed by atoms with van der Waals surface area (Å²) in [5.41, 5.74) is 3.22. The molecule has 0 N–H and O–H groups in total. The standard InChI is InChI=1S/C29H34Cl2FN3O2/c30-26-17-24(21-4-6-22(7-5-21)28(36)33-13-8-20(19-32)9-14-33)18-27(31)25(26)16-23-10-15-35(29(23)37)34-11-2-1-3-12-34/h4-7,17-18,20,23H,1-3,8-16,19H2/t23-/m0/s1. The van der Waals surface area contributed by atoms with Crippen molar-refractivity contribution in [3.63, 3.8) is 0 Å². The lowest BCUT2D eigenvalue weighted by atomic mass is 9.95. The maximum Gasteiger partial charge on any atom is 0.253 e. The molecule has 3 saturated heterocycles. The van der Waals surface area contributed by atoms with E-state index in [0.717, 1.165) is 55.6 Å². The number of halogens is 3. The van der Waals surface area contributed by atoms with Gasteiger partial charge in [0.2, 0.25) is 5.91 Å². The highest BCUT2D eigenvalue weighted by Crippen LogP contribution is 2.36. The number of alkyl halides is 1. The molecule has 2 aromatic rings. The number of piperidine rings is 2. The van der Waals surface area contributed by atoms with Crippen LogP contribution in [0.4, 0.5) is 4.39 Å². The van der Waals surface area contributed by atoms with Crippen molar-refractivity contribution < 1.29 is 14.0 Å². The van der Waals surface area contributed by atoms with Gasteiger partial charge in [-0.15, -0.1) is 0 Å². The summed E-state index contributed by atoms with van der Waals surface area (Å²) in [6.07, 6.45) is 6.29. The molecule has 3 fully saturated rings. The van der Waals surface area contributed by atoms with E-state index in [1.807, 2.05) is 41.4 Å².